The lowest BCUT2D eigenvalue weighted by atomic mass is 10.2. The van der Waals surface area contributed by atoms with E-state index in [9.17, 15) is 4.79 Å². The van der Waals surface area contributed by atoms with E-state index >= 15 is 0 Å². The van der Waals surface area contributed by atoms with Gasteiger partial charge in [-0.2, -0.15) is 0 Å². The Morgan fingerprint density at radius 1 is 1.64 bits per heavy atom. The molecule has 4 heteroatoms. The molecule has 1 aromatic rings. The zero-order valence-electron chi connectivity index (χ0n) is 5.95. The Morgan fingerprint density at radius 2 is 2.36 bits per heavy atom. The van der Waals surface area contributed by atoms with Crippen LogP contribution < -0.4 is 11.5 Å². The van der Waals surface area contributed by atoms with Gasteiger partial charge in [0, 0.05) is 12.7 Å². The molecule has 1 amide bonds. The zero-order chi connectivity index (χ0) is 8.27. The van der Waals surface area contributed by atoms with Gasteiger partial charge in [-0.1, -0.05) is 0 Å². The second kappa shape index (κ2) is 3.12. The van der Waals surface area contributed by atoms with Crippen LogP contribution in [0.5, 0.6) is 0 Å². The summed E-state index contributed by atoms with van der Waals surface area (Å²) in [5.41, 5.74) is 11.3. The van der Waals surface area contributed by atoms with Gasteiger partial charge >= 0.3 is 0 Å². The van der Waals surface area contributed by atoms with Gasteiger partial charge in [-0.3, -0.25) is 9.78 Å². The first kappa shape index (κ1) is 7.68. The van der Waals surface area contributed by atoms with Crippen LogP contribution in [-0.2, 0) is 6.54 Å². The van der Waals surface area contributed by atoms with Crippen molar-refractivity contribution in [2.24, 2.45) is 11.5 Å². The number of aromatic nitrogens is 1. The second-order valence-corrected chi connectivity index (χ2v) is 2.07. The molecule has 11 heavy (non-hydrogen) atoms. The number of hydrogen-bond donors (Lipinski definition) is 2. The minimum atomic E-state index is -0.487. The number of rotatable bonds is 2. The maximum atomic E-state index is 10.7. The monoisotopic (exact) mass is 151 g/mol. The van der Waals surface area contributed by atoms with Crippen LogP contribution in [0.2, 0.25) is 0 Å². The zero-order valence-corrected chi connectivity index (χ0v) is 5.95. The van der Waals surface area contributed by atoms with Crippen LogP contribution in [0.25, 0.3) is 0 Å². The number of hydrogen-bond acceptors (Lipinski definition) is 3. The average Bonchev–Trinajstić information content (AvgIpc) is 2.04. The third-order valence-electron chi connectivity index (χ3n) is 1.35. The Labute approximate surface area is 64.2 Å². The molecule has 1 aromatic heterocycles. The molecule has 0 aliphatic heterocycles. The Hall–Kier alpha value is -1.42. The third kappa shape index (κ3) is 1.53. The maximum Gasteiger partial charge on any atom is 0.250 e. The van der Waals surface area contributed by atoms with Gasteiger partial charge in [0.25, 0.3) is 5.91 Å². The van der Waals surface area contributed by atoms with Gasteiger partial charge in [-0.05, 0) is 12.1 Å². The predicted molar refractivity (Wildman–Crippen MR) is 40.6 cm³/mol. The summed E-state index contributed by atoms with van der Waals surface area (Å²) in [7, 11) is 0. The molecule has 0 saturated heterocycles. The number of amides is 1. The molecule has 0 bridgehead atoms. The summed E-state index contributed by atoms with van der Waals surface area (Å²) in [5.74, 6) is -0.487. The van der Waals surface area contributed by atoms with Crippen LogP contribution in [0.15, 0.2) is 18.3 Å². The second-order valence-electron chi connectivity index (χ2n) is 2.07. The Balaban J connectivity index is 3.12. The highest BCUT2D eigenvalue weighted by Gasteiger charge is 2.05. The van der Waals surface area contributed by atoms with Crippen LogP contribution in [0.4, 0.5) is 0 Å². The van der Waals surface area contributed by atoms with E-state index in [0.29, 0.717) is 11.3 Å². The molecular weight excluding hydrogens is 142 g/mol. The number of pyridine rings is 1. The topological polar surface area (TPSA) is 82.0 Å². The number of carbonyl (C=O) groups is 1. The molecule has 0 aromatic carbocycles. The molecule has 1 rings (SSSR count). The van der Waals surface area contributed by atoms with Crippen molar-refractivity contribution < 1.29 is 4.79 Å². The minimum absolute atomic E-state index is 0.235. The third-order valence-corrected chi connectivity index (χ3v) is 1.35. The van der Waals surface area contributed by atoms with E-state index in [2.05, 4.69) is 4.98 Å². The van der Waals surface area contributed by atoms with E-state index in [-0.39, 0.29) is 6.54 Å². The summed E-state index contributed by atoms with van der Waals surface area (Å²) >= 11 is 0. The van der Waals surface area contributed by atoms with Crippen LogP contribution in [0.3, 0.4) is 0 Å². The summed E-state index contributed by atoms with van der Waals surface area (Å²) in [6.07, 6.45) is 1.58. The fraction of sp³-hybridized carbons (Fsp3) is 0.143. The molecule has 0 aliphatic carbocycles. The van der Waals surface area contributed by atoms with Gasteiger partial charge in [-0.15, -0.1) is 0 Å². The summed E-state index contributed by atoms with van der Waals surface area (Å²) in [6, 6.07) is 3.26. The van der Waals surface area contributed by atoms with Gasteiger partial charge < -0.3 is 11.5 Å². The van der Waals surface area contributed by atoms with Crippen molar-refractivity contribution in [1.82, 2.24) is 4.98 Å². The van der Waals surface area contributed by atoms with Crippen molar-refractivity contribution in [3.05, 3.63) is 29.6 Å². The minimum Gasteiger partial charge on any atom is -0.366 e. The van der Waals surface area contributed by atoms with Crippen molar-refractivity contribution in [2.45, 2.75) is 6.54 Å². The number of nitrogens with zero attached hydrogens (tertiary/aromatic N) is 1. The lowest BCUT2D eigenvalue weighted by Gasteiger charge is -2.00. The van der Waals surface area contributed by atoms with Crippen molar-refractivity contribution in [3.63, 3.8) is 0 Å². The Bertz CT molecular complexity index is 272. The lowest BCUT2D eigenvalue weighted by Crippen LogP contribution is -2.16. The van der Waals surface area contributed by atoms with Crippen molar-refractivity contribution in [2.75, 3.05) is 0 Å². The van der Waals surface area contributed by atoms with Gasteiger partial charge in [0.2, 0.25) is 0 Å². The van der Waals surface area contributed by atoms with Gasteiger partial charge in [0.15, 0.2) is 0 Å². The molecule has 4 nitrogen and oxygen atoms in total. The molecule has 0 radical (unpaired) electrons. The maximum absolute atomic E-state index is 10.7. The van der Waals surface area contributed by atoms with Crippen molar-refractivity contribution in [3.8, 4) is 0 Å². The molecule has 4 N–H and O–H groups in total. The lowest BCUT2D eigenvalue weighted by molar-refractivity contribution is 0.0999. The van der Waals surface area contributed by atoms with Gasteiger partial charge in [-0.25, -0.2) is 0 Å². The van der Waals surface area contributed by atoms with E-state index in [1.807, 2.05) is 0 Å². The smallest absolute Gasteiger partial charge is 0.250 e. The van der Waals surface area contributed by atoms with Gasteiger partial charge in [0.05, 0.1) is 11.3 Å². The molecule has 0 spiro atoms. The molecule has 58 valence electrons. The van der Waals surface area contributed by atoms with Crippen LogP contribution >= 0.6 is 0 Å². The fourth-order valence-electron chi connectivity index (χ4n) is 0.825. The molecule has 0 saturated carbocycles. The van der Waals surface area contributed by atoms with Gasteiger partial charge in [0.1, 0.15) is 0 Å². The highest BCUT2D eigenvalue weighted by molar-refractivity contribution is 5.93. The molecule has 1 heterocycles. The first-order chi connectivity index (χ1) is 5.25. The Kier molecular flexibility index (Phi) is 2.18. The number of carbonyl (C=O) groups excluding carboxylic acids is 1. The first-order valence-electron chi connectivity index (χ1n) is 3.19. The number of primary amides is 1. The summed E-state index contributed by atoms with van der Waals surface area (Å²) in [5, 5.41) is 0. The highest BCUT2D eigenvalue weighted by Crippen LogP contribution is 2.02. The molecular formula is C7H9N3O. The summed E-state index contributed by atoms with van der Waals surface area (Å²) < 4.78 is 0. The van der Waals surface area contributed by atoms with Crippen molar-refractivity contribution in [1.29, 1.82) is 0 Å². The van der Waals surface area contributed by atoms with Crippen LogP contribution in [-0.4, -0.2) is 10.9 Å². The van der Waals surface area contributed by atoms with E-state index < -0.39 is 5.91 Å². The summed E-state index contributed by atoms with van der Waals surface area (Å²) in [4.78, 5) is 14.6. The Morgan fingerprint density at radius 3 is 2.82 bits per heavy atom. The molecule has 0 aliphatic rings. The standard InChI is InChI=1S/C7H9N3O/c8-4-6-5(7(9)11)2-1-3-10-6/h1-3H,4,8H2,(H2,9,11). The van der Waals surface area contributed by atoms with Crippen LogP contribution in [0.1, 0.15) is 16.1 Å². The van der Waals surface area contributed by atoms with E-state index in [1.54, 1.807) is 18.3 Å². The van der Waals surface area contributed by atoms with Crippen LogP contribution in [0, 0.1) is 0 Å². The van der Waals surface area contributed by atoms with E-state index in [0.717, 1.165) is 0 Å². The molecule has 0 unspecified atom stereocenters. The normalized spacial score (nSPS) is 9.55. The van der Waals surface area contributed by atoms with Crippen molar-refractivity contribution >= 4 is 5.91 Å². The van der Waals surface area contributed by atoms with E-state index in [1.165, 1.54) is 0 Å². The highest BCUT2D eigenvalue weighted by atomic mass is 16.1. The average molecular weight is 151 g/mol. The quantitative estimate of drug-likeness (QED) is 0.605. The van der Waals surface area contributed by atoms with E-state index in [4.69, 9.17) is 11.5 Å². The largest absolute Gasteiger partial charge is 0.366 e. The first-order valence-corrected chi connectivity index (χ1v) is 3.19. The molecule has 0 atom stereocenters. The predicted octanol–water partition coefficient (Wildman–Crippen LogP) is -0.361. The number of nitrogens with two attached hydrogens (primary N) is 2. The molecule has 0 fully saturated rings. The summed E-state index contributed by atoms with van der Waals surface area (Å²) in [6.45, 7) is 0.235. The SMILES string of the molecule is NCc1ncccc1C(N)=O. The fourth-order valence-corrected chi connectivity index (χ4v) is 0.825.